The van der Waals surface area contributed by atoms with Gasteiger partial charge < -0.3 is 5.32 Å². The van der Waals surface area contributed by atoms with Crippen molar-refractivity contribution in [1.29, 1.82) is 0 Å². The standard InChI is InChI=1S/C14H18BrN3/c1-4-18-9-12(8-17-18)7-16-14-11(3)5-10(2)6-13(14)15/h5-6,8-9,16H,4,7H2,1-3H3. The van der Waals surface area contributed by atoms with Crippen molar-refractivity contribution in [3.8, 4) is 0 Å². The van der Waals surface area contributed by atoms with Crippen LogP contribution in [0.1, 0.15) is 23.6 Å². The van der Waals surface area contributed by atoms with Crippen molar-refractivity contribution in [3.05, 3.63) is 45.7 Å². The molecular weight excluding hydrogens is 290 g/mol. The van der Waals surface area contributed by atoms with Crippen molar-refractivity contribution < 1.29 is 0 Å². The lowest BCUT2D eigenvalue weighted by Crippen LogP contribution is -2.01. The first kappa shape index (κ1) is 13.1. The second-order valence-corrected chi connectivity index (χ2v) is 5.35. The molecule has 0 saturated carbocycles. The molecule has 0 radical (unpaired) electrons. The number of nitrogens with one attached hydrogen (secondary N) is 1. The van der Waals surface area contributed by atoms with Gasteiger partial charge >= 0.3 is 0 Å². The Kier molecular flexibility index (Phi) is 4.07. The van der Waals surface area contributed by atoms with Crippen LogP contribution in [0.5, 0.6) is 0 Å². The predicted molar refractivity (Wildman–Crippen MR) is 78.8 cm³/mol. The SMILES string of the molecule is CCn1cc(CNc2c(C)cc(C)cc2Br)cn1. The summed E-state index contributed by atoms with van der Waals surface area (Å²) in [5.41, 5.74) is 4.88. The average Bonchev–Trinajstić information content (AvgIpc) is 2.75. The quantitative estimate of drug-likeness (QED) is 0.928. The van der Waals surface area contributed by atoms with Gasteiger partial charge in [-0.05, 0) is 53.9 Å². The number of halogens is 1. The van der Waals surface area contributed by atoms with E-state index in [0.717, 1.165) is 23.2 Å². The second kappa shape index (κ2) is 5.57. The highest BCUT2D eigenvalue weighted by Gasteiger charge is 2.05. The average molecular weight is 308 g/mol. The molecule has 2 rings (SSSR count). The third-order valence-corrected chi connectivity index (χ3v) is 3.54. The van der Waals surface area contributed by atoms with Gasteiger partial charge in [-0.3, -0.25) is 4.68 Å². The van der Waals surface area contributed by atoms with Crippen LogP contribution in [-0.2, 0) is 13.1 Å². The molecule has 0 saturated heterocycles. The summed E-state index contributed by atoms with van der Waals surface area (Å²) in [5, 5.41) is 7.73. The Labute approximate surface area is 116 Å². The lowest BCUT2D eigenvalue weighted by molar-refractivity contribution is 0.659. The Balaban J connectivity index is 2.10. The molecule has 18 heavy (non-hydrogen) atoms. The zero-order valence-electron chi connectivity index (χ0n) is 11.0. The van der Waals surface area contributed by atoms with Crippen molar-refractivity contribution >= 4 is 21.6 Å². The van der Waals surface area contributed by atoms with Crippen LogP contribution in [0.3, 0.4) is 0 Å². The summed E-state index contributed by atoms with van der Waals surface area (Å²) < 4.78 is 3.05. The molecule has 0 aliphatic heterocycles. The number of hydrogen-bond donors (Lipinski definition) is 1. The van der Waals surface area contributed by atoms with Crippen LogP contribution in [0.2, 0.25) is 0 Å². The Hall–Kier alpha value is -1.29. The first-order chi connectivity index (χ1) is 8.60. The molecule has 3 nitrogen and oxygen atoms in total. The molecule has 0 fully saturated rings. The molecule has 0 unspecified atom stereocenters. The van der Waals surface area contributed by atoms with Gasteiger partial charge in [0, 0.05) is 29.3 Å². The second-order valence-electron chi connectivity index (χ2n) is 4.50. The van der Waals surface area contributed by atoms with Gasteiger partial charge in [0.05, 0.1) is 11.9 Å². The van der Waals surface area contributed by atoms with Gasteiger partial charge in [0.2, 0.25) is 0 Å². The van der Waals surface area contributed by atoms with E-state index < -0.39 is 0 Å². The molecule has 1 heterocycles. The maximum absolute atomic E-state index is 4.27. The van der Waals surface area contributed by atoms with Gasteiger partial charge in [-0.1, -0.05) is 6.07 Å². The molecule has 1 aromatic carbocycles. The van der Waals surface area contributed by atoms with Crippen molar-refractivity contribution in [1.82, 2.24) is 9.78 Å². The molecule has 2 aromatic rings. The Morgan fingerprint density at radius 2 is 2.11 bits per heavy atom. The maximum atomic E-state index is 4.27. The van der Waals surface area contributed by atoms with Crippen LogP contribution < -0.4 is 5.32 Å². The minimum atomic E-state index is 0.794. The fraction of sp³-hybridized carbons (Fsp3) is 0.357. The fourth-order valence-corrected chi connectivity index (χ4v) is 2.81. The zero-order chi connectivity index (χ0) is 13.1. The minimum absolute atomic E-state index is 0.794. The number of anilines is 1. The summed E-state index contributed by atoms with van der Waals surface area (Å²) in [4.78, 5) is 0. The molecule has 1 aromatic heterocycles. The normalized spacial score (nSPS) is 10.7. The van der Waals surface area contributed by atoms with Crippen molar-refractivity contribution in [2.75, 3.05) is 5.32 Å². The minimum Gasteiger partial charge on any atom is -0.380 e. The van der Waals surface area contributed by atoms with E-state index in [0.29, 0.717) is 0 Å². The number of aromatic nitrogens is 2. The fourth-order valence-electron chi connectivity index (χ4n) is 2.00. The number of hydrogen-bond acceptors (Lipinski definition) is 2. The number of benzene rings is 1. The van der Waals surface area contributed by atoms with Crippen molar-refractivity contribution in [2.45, 2.75) is 33.9 Å². The van der Waals surface area contributed by atoms with E-state index in [-0.39, 0.29) is 0 Å². The van der Waals surface area contributed by atoms with Gasteiger partial charge in [-0.25, -0.2) is 0 Å². The van der Waals surface area contributed by atoms with E-state index in [4.69, 9.17) is 0 Å². The number of nitrogens with zero attached hydrogens (tertiary/aromatic N) is 2. The Morgan fingerprint density at radius 3 is 2.72 bits per heavy atom. The summed E-state index contributed by atoms with van der Waals surface area (Å²) in [6, 6.07) is 4.31. The van der Waals surface area contributed by atoms with E-state index in [2.05, 4.69) is 65.4 Å². The summed E-state index contributed by atoms with van der Waals surface area (Å²) >= 11 is 3.61. The Morgan fingerprint density at radius 1 is 1.33 bits per heavy atom. The van der Waals surface area contributed by atoms with E-state index >= 15 is 0 Å². The van der Waals surface area contributed by atoms with Crippen LogP contribution in [0.25, 0.3) is 0 Å². The first-order valence-corrected chi connectivity index (χ1v) is 6.91. The third-order valence-electron chi connectivity index (χ3n) is 2.91. The van der Waals surface area contributed by atoms with Crippen LogP contribution in [0.4, 0.5) is 5.69 Å². The summed E-state index contributed by atoms with van der Waals surface area (Å²) in [6.45, 7) is 8.02. The molecule has 0 atom stereocenters. The molecule has 0 amide bonds. The van der Waals surface area contributed by atoms with Crippen LogP contribution in [-0.4, -0.2) is 9.78 Å². The molecule has 0 aliphatic carbocycles. The highest BCUT2D eigenvalue weighted by molar-refractivity contribution is 9.10. The van der Waals surface area contributed by atoms with Gasteiger partial charge in [-0.2, -0.15) is 5.10 Å². The van der Waals surface area contributed by atoms with E-state index in [9.17, 15) is 0 Å². The van der Waals surface area contributed by atoms with Gasteiger partial charge in [0.25, 0.3) is 0 Å². The highest BCUT2D eigenvalue weighted by atomic mass is 79.9. The monoisotopic (exact) mass is 307 g/mol. The topological polar surface area (TPSA) is 29.9 Å². The van der Waals surface area contributed by atoms with Gasteiger partial charge in [-0.15, -0.1) is 0 Å². The van der Waals surface area contributed by atoms with Crippen molar-refractivity contribution in [2.24, 2.45) is 0 Å². The number of rotatable bonds is 4. The van der Waals surface area contributed by atoms with E-state index in [1.54, 1.807) is 0 Å². The molecule has 96 valence electrons. The van der Waals surface area contributed by atoms with E-state index in [1.807, 2.05) is 10.9 Å². The largest absolute Gasteiger partial charge is 0.380 e. The number of aryl methyl sites for hydroxylation is 3. The molecule has 4 heteroatoms. The lowest BCUT2D eigenvalue weighted by Gasteiger charge is -2.12. The first-order valence-electron chi connectivity index (χ1n) is 6.12. The van der Waals surface area contributed by atoms with E-state index in [1.165, 1.54) is 16.7 Å². The predicted octanol–water partition coefficient (Wildman–Crippen LogP) is 3.89. The summed E-state index contributed by atoms with van der Waals surface area (Å²) in [5.74, 6) is 0. The highest BCUT2D eigenvalue weighted by Crippen LogP contribution is 2.28. The Bertz CT molecular complexity index is 523. The van der Waals surface area contributed by atoms with Crippen molar-refractivity contribution in [3.63, 3.8) is 0 Å². The molecule has 0 spiro atoms. The molecular formula is C14H18BrN3. The van der Waals surface area contributed by atoms with Gasteiger partial charge in [0.1, 0.15) is 0 Å². The molecule has 0 bridgehead atoms. The van der Waals surface area contributed by atoms with Crippen LogP contribution in [0, 0.1) is 13.8 Å². The smallest absolute Gasteiger partial charge is 0.0539 e. The molecule has 1 N–H and O–H groups in total. The third kappa shape index (κ3) is 2.93. The maximum Gasteiger partial charge on any atom is 0.0539 e. The van der Waals surface area contributed by atoms with Crippen LogP contribution in [0.15, 0.2) is 29.0 Å². The lowest BCUT2D eigenvalue weighted by atomic mass is 10.1. The summed E-state index contributed by atoms with van der Waals surface area (Å²) in [7, 11) is 0. The summed E-state index contributed by atoms with van der Waals surface area (Å²) in [6.07, 6.45) is 3.98. The molecule has 0 aliphatic rings. The van der Waals surface area contributed by atoms with Gasteiger partial charge in [0.15, 0.2) is 0 Å². The van der Waals surface area contributed by atoms with Crippen LogP contribution >= 0.6 is 15.9 Å². The zero-order valence-corrected chi connectivity index (χ0v) is 12.6.